The van der Waals surface area contributed by atoms with Gasteiger partial charge in [0.15, 0.2) is 0 Å². The first-order valence-corrected chi connectivity index (χ1v) is 58.7. The van der Waals surface area contributed by atoms with Crippen LogP contribution >= 0.6 is 56.5 Å². The van der Waals surface area contributed by atoms with E-state index in [1.807, 2.05) is 97.0 Å². The summed E-state index contributed by atoms with van der Waals surface area (Å²) in [6.45, 7) is 44.8. The Bertz CT molecular complexity index is 2980. The molecule has 0 aliphatic heterocycles. The molecule has 6 aromatic heterocycles. The summed E-state index contributed by atoms with van der Waals surface area (Å²) >= 11 is -1.42. The maximum atomic E-state index is 5.78. The van der Waals surface area contributed by atoms with E-state index in [1.54, 1.807) is 75.7 Å². The molecule has 0 radical (unpaired) electrons. The Kier molecular flexibility index (Phi) is 108. The van der Waals surface area contributed by atoms with Crippen LogP contribution in [-0.4, -0.2) is 315 Å². The van der Waals surface area contributed by atoms with Crippen molar-refractivity contribution in [1.29, 1.82) is 0 Å². The van der Waals surface area contributed by atoms with E-state index in [-0.39, 0.29) is 0 Å². The molecule has 0 spiro atoms. The van der Waals surface area contributed by atoms with Gasteiger partial charge in [-0.15, -0.1) is 0 Å². The van der Waals surface area contributed by atoms with E-state index >= 15 is 0 Å². The molecular formula is C86H142Cl6N6O25Pt3. The first kappa shape index (κ1) is 127. The summed E-state index contributed by atoms with van der Waals surface area (Å²) in [7, 11) is 32.5. The minimum atomic E-state index is -0.472. The standard InChI is InChI=1S/C26H40N2O8.C22H32N2O6.C16H20N2O4.C9H20O3.C7H16O2.C6H14O2.6ClH.3Pt/c1-3-29-9-11-31-13-15-33-17-19-35-23-5-7-27-25(21-23)26-22-24(6-8-28-26)36-20-18-34-16-14-32-12-10-30-4-2;1-3-25-9-11-27-13-15-29-19-5-7-23-21(17-19)22-18-20(6-8-24-22)30-16-14-28-12-10-26-4-2;1-19-7-9-21-13-3-5-17-15(11-13)16-12-14(4-6-18-16)22-10-8-20-2;1-3-5-11-8-9-12-7-6-10-4-2;1-3-5-9-7-6-8-4-2;1-3-5-8-6-7-4-2;;;;;;;;;/h5-8,21-22H,3-4,9-20H2,1-2H3;5-8,17-18H,3-4,9-16H2,1-2H3;3-6,11-12H,7-10H2,1-2H3;3-9H2,1-2H3;3-7H2,1-2H3;3-6H2,1-2H3;6*1H;;;/q;;;;;;;;;;;;3*+2/p-6. The van der Waals surface area contributed by atoms with Crippen LogP contribution in [0.2, 0.25) is 0 Å². The summed E-state index contributed by atoms with van der Waals surface area (Å²) in [5.41, 5.74) is 4.27. The van der Waals surface area contributed by atoms with Crippen LogP contribution in [0.5, 0.6) is 34.5 Å². The molecule has 0 unspecified atom stereocenters. The number of aromatic nitrogens is 6. The summed E-state index contributed by atoms with van der Waals surface area (Å²) in [5, 5.41) is 0. The van der Waals surface area contributed by atoms with Crippen LogP contribution in [0.1, 0.15) is 88.5 Å². The van der Waals surface area contributed by atoms with Gasteiger partial charge in [0.25, 0.3) is 0 Å². The number of rotatable bonds is 69. The van der Waals surface area contributed by atoms with Crippen LogP contribution in [0.15, 0.2) is 110 Å². The van der Waals surface area contributed by atoms with Crippen LogP contribution in [0, 0.1) is 0 Å². The van der Waals surface area contributed by atoms with Crippen molar-refractivity contribution in [2.45, 2.75) is 88.5 Å². The second-order valence-electron chi connectivity index (χ2n) is 23.7. The zero-order chi connectivity index (χ0) is 92.8. The van der Waals surface area contributed by atoms with Crippen molar-refractivity contribution in [2.75, 3.05) is 285 Å². The number of ether oxygens (including phenoxy) is 25. The molecule has 0 bridgehead atoms. The fourth-order valence-electron chi connectivity index (χ4n) is 8.69. The predicted octanol–water partition coefficient (Wildman–Crippen LogP) is 16.7. The molecule has 0 aromatic carbocycles. The van der Waals surface area contributed by atoms with Crippen molar-refractivity contribution in [3.05, 3.63) is 110 Å². The average molecular weight is 2460 g/mol. The van der Waals surface area contributed by atoms with Crippen LogP contribution in [0.3, 0.4) is 0 Å². The molecule has 0 saturated heterocycles. The number of methoxy groups -OCH3 is 2. The van der Waals surface area contributed by atoms with Gasteiger partial charge >= 0.3 is 106 Å². The van der Waals surface area contributed by atoms with Gasteiger partial charge in [0.05, 0.1) is 193 Å². The second kappa shape index (κ2) is 107. The van der Waals surface area contributed by atoms with Gasteiger partial charge in [-0.3, -0.25) is 29.9 Å². The van der Waals surface area contributed by atoms with Crippen molar-refractivity contribution >= 4 is 56.5 Å². The first-order chi connectivity index (χ1) is 62.0. The van der Waals surface area contributed by atoms with Crippen molar-refractivity contribution in [1.82, 2.24) is 29.9 Å². The number of nitrogens with zero attached hydrogens (tertiary/aromatic N) is 6. The second-order valence-corrected chi connectivity index (χ2v) is 33.5. The van der Waals surface area contributed by atoms with Gasteiger partial charge < -0.3 is 118 Å². The Morgan fingerprint density at radius 3 is 0.516 bits per heavy atom. The molecule has 0 N–H and O–H groups in total. The Morgan fingerprint density at radius 2 is 0.349 bits per heavy atom. The van der Waals surface area contributed by atoms with Crippen LogP contribution < -0.4 is 28.4 Å². The molecule has 6 aromatic rings. The van der Waals surface area contributed by atoms with Crippen molar-refractivity contribution in [3.63, 3.8) is 0 Å². The zero-order valence-corrected chi connectivity index (χ0v) is 87.0. The predicted molar refractivity (Wildman–Crippen MR) is 484 cm³/mol. The van der Waals surface area contributed by atoms with Crippen molar-refractivity contribution in [2.24, 2.45) is 0 Å². The van der Waals surface area contributed by atoms with Gasteiger partial charge in [-0.2, -0.15) is 0 Å². The van der Waals surface area contributed by atoms with E-state index in [0.717, 1.165) is 95.0 Å². The molecule has 0 fully saturated rings. The van der Waals surface area contributed by atoms with E-state index in [4.69, 9.17) is 175 Å². The number of pyridine rings is 6. The Hall–Kier alpha value is -3.26. The van der Waals surface area contributed by atoms with E-state index in [1.165, 1.54) is 0 Å². The SMILES string of the molecule is CCCOCCOCC.CCCOCCOCCOCC.CCCOCOCC.CCOCCOCCOCCOc1ccnc(-c2cc(OCCOCCOCCOCC)ccn2)c1.CCOCCOCCOc1ccnc(-c2cc(OCCOCCOCC)ccn2)c1.COCCOc1ccnc(-c2cc(OCCOC)ccn2)c1.[Cl][Pt][Cl].[Cl][Pt][Cl].[Cl][Pt][Cl]. The van der Waals surface area contributed by atoms with E-state index in [0.29, 0.717) is 264 Å². The Labute approximate surface area is 800 Å². The third-order valence-corrected chi connectivity index (χ3v) is 14.3. The van der Waals surface area contributed by atoms with Crippen LogP contribution in [-0.2, 0) is 139 Å². The van der Waals surface area contributed by atoms with E-state index in [9.17, 15) is 0 Å². The number of hydrogen-bond donors (Lipinski definition) is 0. The van der Waals surface area contributed by atoms with Gasteiger partial charge in [-0.1, -0.05) is 20.8 Å². The van der Waals surface area contributed by atoms with E-state index in [2.05, 4.69) is 50.7 Å². The molecule has 31 nitrogen and oxygen atoms in total. The van der Waals surface area contributed by atoms with Crippen molar-refractivity contribution in [3.8, 4) is 68.7 Å². The van der Waals surface area contributed by atoms with Crippen molar-refractivity contribution < 1.29 is 168 Å². The third-order valence-electron chi connectivity index (χ3n) is 14.3. The molecule has 0 amide bonds. The molecule has 738 valence electrons. The monoisotopic (exact) mass is 2450 g/mol. The third kappa shape index (κ3) is 87.4. The zero-order valence-electron chi connectivity index (χ0n) is 75.6. The number of halogens is 6. The summed E-state index contributed by atoms with van der Waals surface area (Å²) in [5.74, 6) is 4.28. The molecule has 40 heteroatoms. The quantitative estimate of drug-likeness (QED) is 0.0253. The van der Waals surface area contributed by atoms with Gasteiger partial charge in [-0.05, 0) is 104 Å². The fourth-order valence-corrected chi connectivity index (χ4v) is 8.69. The number of hydrogen-bond acceptors (Lipinski definition) is 31. The molecule has 6 heterocycles. The molecular weight excluding hydrogens is 2310 g/mol. The summed E-state index contributed by atoms with van der Waals surface area (Å²) in [6.07, 6.45) is 13.4. The Morgan fingerprint density at radius 1 is 0.198 bits per heavy atom. The van der Waals surface area contributed by atoms with E-state index < -0.39 is 49.4 Å². The minimum absolute atomic E-state index is 0.427. The summed E-state index contributed by atoms with van der Waals surface area (Å²) in [4.78, 5) is 26.2. The van der Waals surface area contributed by atoms with Gasteiger partial charge in [-0.25, -0.2) is 0 Å². The van der Waals surface area contributed by atoms with Crippen LogP contribution in [0.25, 0.3) is 34.2 Å². The summed E-state index contributed by atoms with van der Waals surface area (Å²) < 4.78 is 133. The molecule has 0 aliphatic rings. The normalized spacial score (nSPS) is 10.4. The average Bonchev–Trinajstić information content (AvgIpc) is 0.860. The maximum absolute atomic E-state index is 5.78. The molecule has 0 aliphatic carbocycles. The van der Waals surface area contributed by atoms with Gasteiger partial charge in [0.2, 0.25) is 0 Å². The Balaban J connectivity index is -0.00000151. The molecule has 0 saturated carbocycles. The molecule has 126 heavy (non-hydrogen) atoms. The fraction of sp³-hybridized carbons (Fsp3) is 0.651. The molecule has 0 atom stereocenters. The first-order valence-electron chi connectivity index (χ1n) is 41.8. The van der Waals surface area contributed by atoms with Gasteiger partial charge in [0, 0.05) is 154 Å². The summed E-state index contributed by atoms with van der Waals surface area (Å²) in [6, 6.07) is 21.9. The van der Waals surface area contributed by atoms with Crippen LogP contribution in [0.4, 0.5) is 0 Å². The topological polar surface area (TPSA) is 308 Å². The van der Waals surface area contributed by atoms with Gasteiger partial charge in [0.1, 0.15) is 80.9 Å². The molecule has 6 rings (SSSR count).